The number of nitrogens with zero attached hydrogens (tertiary/aromatic N) is 3. The Morgan fingerprint density at radius 2 is 1.58 bits per heavy atom. The Bertz CT molecular complexity index is 878. The summed E-state index contributed by atoms with van der Waals surface area (Å²) in [6.07, 6.45) is -1.75. The van der Waals surface area contributed by atoms with Crippen LogP contribution in [0, 0.1) is 0 Å². The summed E-state index contributed by atoms with van der Waals surface area (Å²) < 4.78 is 47.4. The minimum Gasteiger partial charge on any atom is -0.452 e. The minimum atomic E-state index is -4.98. The Balaban J connectivity index is 1.61. The fourth-order valence-electron chi connectivity index (χ4n) is 2.11. The van der Waals surface area contributed by atoms with Crippen LogP contribution < -0.4 is 4.57 Å². The maximum Gasteiger partial charge on any atom is 0.490 e. The molecule has 0 saturated heterocycles. The molecule has 0 atom stereocenters. The summed E-state index contributed by atoms with van der Waals surface area (Å²) in [5.74, 6) is -1.50. The molecule has 2 heterocycles. The number of esters is 1. The van der Waals surface area contributed by atoms with E-state index in [9.17, 15) is 18.0 Å². The summed E-state index contributed by atoms with van der Waals surface area (Å²) in [6.45, 7) is -0.303. The van der Waals surface area contributed by atoms with Crippen LogP contribution in [0.25, 0.3) is 22.9 Å². The summed E-state index contributed by atoms with van der Waals surface area (Å²) in [4.78, 5) is 10.6. The van der Waals surface area contributed by atoms with E-state index in [2.05, 4.69) is 14.9 Å². The van der Waals surface area contributed by atoms with Gasteiger partial charge in [0, 0.05) is 17.7 Å². The Morgan fingerprint density at radius 3 is 2.15 bits per heavy atom. The molecule has 3 aromatic rings. The molecule has 1 aromatic carbocycles. The number of hydrogen-bond donors (Lipinski definition) is 0. The number of benzene rings is 1. The lowest BCUT2D eigenvalue weighted by molar-refractivity contribution is -0.697. The highest BCUT2D eigenvalue weighted by atomic mass is 19.4. The third-order valence-electron chi connectivity index (χ3n) is 3.40. The number of aromatic nitrogens is 3. The van der Waals surface area contributed by atoms with Crippen LogP contribution >= 0.6 is 0 Å². The highest BCUT2D eigenvalue weighted by Crippen LogP contribution is 2.22. The van der Waals surface area contributed by atoms with E-state index < -0.39 is 12.1 Å². The van der Waals surface area contributed by atoms with Crippen molar-refractivity contribution in [2.24, 2.45) is 0 Å². The van der Waals surface area contributed by atoms with Crippen LogP contribution in [-0.4, -0.2) is 28.9 Å². The molecule has 26 heavy (non-hydrogen) atoms. The average molecular weight is 364 g/mol. The van der Waals surface area contributed by atoms with E-state index in [1.54, 1.807) is 29.1 Å². The summed E-state index contributed by atoms with van der Waals surface area (Å²) in [5, 5.41) is 7.97. The third-order valence-corrected chi connectivity index (χ3v) is 3.40. The predicted octanol–water partition coefficient (Wildman–Crippen LogP) is 2.80. The van der Waals surface area contributed by atoms with Gasteiger partial charge in [0.15, 0.2) is 25.5 Å². The van der Waals surface area contributed by atoms with E-state index in [1.807, 2.05) is 30.3 Å². The maximum absolute atomic E-state index is 12.0. The molecule has 0 aliphatic heterocycles. The molecule has 0 unspecified atom stereocenters. The van der Waals surface area contributed by atoms with Crippen molar-refractivity contribution in [3.8, 4) is 22.9 Å². The molecule has 2 aromatic heterocycles. The summed E-state index contributed by atoms with van der Waals surface area (Å²) in [7, 11) is 0. The van der Waals surface area contributed by atoms with Gasteiger partial charge in [-0.05, 0) is 12.1 Å². The summed E-state index contributed by atoms with van der Waals surface area (Å²) >= 11 is 0. The smallest absolute Gasteiger partial charge is 0.452 e. The lowest BCUT2D eigenvalue weighted by Crippen LogP contribution is -2.37. The molecule has 0 radical (unpaired) electrons. The molecule has 0 aliphatic rings. The topological polar surface area (TPSA) is 69.1 Å². The molecule has 0 spiro atoms. The molecule has 0 N–H and O–H groups in total. The molecular weight excluding hydrogens is 351 g/mol. The van der Waals surface area contributed by atoms with Crippen LogP contribution in [0.3, 0.4) is 0 Å². The lowest BCUT2D eigenvalue weighted by atomic mass is 10.2. The Kier molecular flexibility index (Phi) is 4.97. The normalized spacial score (nSPS) is 11.3. The van der Waals surface area contributed by atoms with Crippen molar-refractivity contribution < 1.29 is 31.7 Å². The zero-order valence-electron chi connectivity index (χ0n) is 13.3. The van der Waals surface area contributed by atoms with Gasteiger partial charge in [-0.15, -0.1) is 10.2 Å². The van der Waals surface area contributed by atoms with E-state index >= 15 is 0 Å². The average Bonchev–Trinajstić information content (AvgIpc) is 3.12. The van der Waals surface area contributed by atoms with Crippen LogP contribution in [0.2, 0.25) is 0 Å². The van der Waals surface area contributed by atoms with Crippen LogP contribution in [-0.2, 0) is 16.1 Å². The van der Waals surface area contributed by atoms with Gasteiger partial charge in [0.05, 0.1) is 5.56 Å². The second-order valence-electron chi connectivity index (χ2n) is 5.24. The van der Waals surface area contributed by atoms with Gasteiger partial charge in [-0.25, -0.2) is 9.36 Å². The molecule has 0 fully saturated rings. The number of halogens is 3. The largest absolute Gasteiger partial charge is 0.490 e. The van der Waals surface area contributed by atoms with Gasteiger partial charge in [-0.3, -0.25) is 0 Å². The maximum atomic E-state index is 12.0. The predicted molar refractivity (Wildman–Crippen MR) is 82.4 cm³/mol. The lowest BCUT2D eigenvalue weighted by Gasteiger charge is -2.05. The van der Waals surface area contributed by atoms with Crippen molar-refractivity contribution in [3.63, 3.8) is 0 Å². The number of hydrogen-bond acceptors (Lipinski definition) is 5. The number of pyridine rings is 1. The van der Waals surface area contributed by atoms with Gasteiger partial charge in [0.25, 0.3) is 0 Å². The number of rotatable bonds is 5. The first kappa shape index (κ1) is 17.6. The molecule has 0 aliphatic carbocycles. The summed E-state index contributed by atoms with van der Waals surface area (Å²) in [5.41, 5.74) is 1.45. The fraction of sp³-hybridized carbons (Fsp3) is 0.176. The minimum absolute atomic E-state index is 0.0845. The molecule has 9 heteroatoms. The van der Waals surface area contributed by atoms with E-state index in [4.69, 9.17) is 4.42 Å². The Hall–Kier alpha value is -3.23. The van der Waals surface area contributed by atoms with Crippen molar-refractivity contribution in [3.05, 3.63) is 54.9 Å². The van der Waals surface area contributed by atoms with Crippen molar-refractivity contribution in [1.29, 1.82) is 0 Å². The van der Waals surface area contributed by atoms with E-state index in [-0.39, 0.29) is 13.2 Å². The number of carbonyl (C=O) groups excluding carboxylic acids is 1. The molecule has 0 amide bonds. The first-order valence-corrected chi connectivity index (χ1v) is 7.56. The van der Waals surface area contributed by atoms with E-state index in [0.717, 1.165) is 5.56 Å². The van der Waals surface area contributed by atoms with Gasteiger partial charge >= 0.3 is 12.1 Å². The summed E-state index contributed by atoms with van der Waals surface area (Å²) in [6, 6.07) is 12.6. The number of carbonyl (C=O) groups is 1. The van der Waals surface area contributed by atoms with Gasteiger partial charge in [-0.1, -0.05) is 18.2 Å². The number of ether oxygens (including phenoxy) is 1. The fourth-order valence-corrected chi connectivity index (χ4v) is 2.11. The standard InChI is InChI=1S/C17H13F3N3O3/c18-17(19,20)16(24)25-11-10-23-8-6-13(7-9-23)15-22-21-14(26-15)12-4-2-1-3-5-12/h1-9H,10-11H2/q+1. The zero-order chi connectivity index (χ0) is 18.6. The van der Waals surface area contributed by atoms with Gasteiger partial charge in [0.2, 0.25) is 11.8 Å². The third kappa shape index (κ3) is 4.24. The molecule has 0 saturated carbocycles. The van der Waals surface area contributed by atoms with Crippen molar-refractivity contribution in [2.45, 2.75) is 12.7 Å². The van der Waals surface area contributed by atoms with Crippen LogP contribution in [0.4, 0.5) is 13.2 Å². The van der Waals surface area contributed by atoms with E-state index in [0.29, 0.717) is 17.3 Å². The van der Waals surface area contributed by atoms with Gasteiger partial charge < -0.3 is 9.15 Å². The molecule has 6 nitrogen and oxygen atoms in total. The Labute approximate surface area is 145 Å². The molecular formula is C17H13F3N3O3+. The molecule has 134 valence electrons. The first-order valence-electron chi connectivity index (χ1n) is 7.56. The molecule has 3 rings (SSSR count). The monoisotopic (exact) mass is 364 g/mol. The number of alkyl halides is 3. The Morgan fingerprint density at radius 1 is 1.00 bits per heavy atom. The van der Waals surface area contributed by atoms with Crippen LogP contribution in [0.1, 0.15) is 0 Å². The quantitative estimate of drug-likeness (QED) is 0.514. The highest BCUT2D eigenvalue weighted by Gasteiger charge is 2.40. The van der Waals surface area contributed by atoms with E-state index in [1.165, 1.54) is 0 Å². The second-order valence-corrected chi connectivity index (χ2v) is 5.24. The first-order chi connectivity index (χ1) is 12.4. The van der Waals surface area contributed by atoms with Crippen molar-refractivity contribution in [2.75, 3.05) is 6.61 Å². The van der Waals surface area contributed by atoms with Gasteiger partial charge in [0.1, 0.15) is 0 Å². The molecule has 0 bridgehead atoms. The second kappa shape index (κ2) is 7.34. The SMILES string of the molecule is O=C(OCC[n+]1ccc(-c2nnc(-c3ccccc3)o2)cc1)C(F)(F)F. The van der Waals surface area contributed by atoms with Crippen molar-refractivity contribution >= 4 is 5.97 Å². The van der Waals surface area contributed by atoms with Crippen LogP contribution in [0.5, 0.6) is 0 Å². The zero-order valence-corrected chi connectivity index (χ0v) is 13.3. The van der Waals surface area contributed by atoms with Gasteiger partial charge in [-0.2, -0.15) is 13.2 Å². The highest BCUT2D eigenvalue weighted by molar-refractivity contribution is 5.75. The van der Waals surface area contributed by atoms with Crippen LogP contribution in [0.15, 0.2) is 59.3 Å². The van der Waals surface area contributed by atoms with Crippen molar-refractivity contribution in [1.82, 2.24) is 10.2 Å².